The standard InChI is InChI=1S/C20H30O5/c1-10-11-5-6-12-15(22)19(11,8-18(12,4)24)9-20(25)13(10)7-14(21)17(2,3)16(20)23/h11-15,21-22,24-25H,1,5-9H2,2-4H3/t11-,12+,13+,14-,15+,18-,19?,20-/m0/s1. The number of fused-ring (bicyclic) bond motifs is 2. The second kappa shape index (κ2) is 4.75. The fourth-order valence-corrected chi connectivity index (χ4v) is 6.91. The summed E-state index contributed by atoms with van der Waals surface area (Å²) in [5, 5.41) is 43.9. The van der Waals surface area contributed by atoms with E-state index in [4.69, 9.17) is 0 Å². The summed E-state index contributed by atoms with van der Waals surface area (Å²) in [5.74, 6) is -1.10. The van der Waals surface area contributed by atoms with Crippen LogP contribution in [0.3, 0.4) is 0 Å². The second-order valence-electron chi connectivity index (χ2n) is 9.98. The smallest absolute Gasteiger partial charge is 0.173 e. The van der Waals surface area contributed by atoms with Gasteiger partial charge in [0.05, 0.1) is 23.2 Å². The van der Waals surface area contributed by atoms with E-state index in [1.165, 1.54) is 0 Å². The van der Waals surface area contributed by atoms with Gasteiger partial charge in [-0.15, -0.1) is 0 Å². The van der Waals surface area contributed by atoms with Crippen LogP contribution in [0.2, 0.25) is 0 Å². The highest BCUT2D eigenvalue weighted by Crippen LogP contribution is 2.68. The molecule has 4 saturated carbocycles. The molecule has 2 bridgehead atoms. The molecule has 8 atom stereocenters. The molecule has 0 aliphatic heterocycles. The molecule has 1 unspecified atom stereocenters. The maximum absolute atomic E-state index is 13.2. The molecule has 5 nitrogen and oxygen atoms in total. The minimum atomic E-state index is -1.63. The number of hydrogen-bond acceptors (Lipinski definition) is 5. The summed E-state index contributed by atoms with van der Waals surface area (Å²) >= 11 is 0. The third kappa shape index (κ3) is 1.90. The number of rotatable bonds is 0. The third-order valence-electron chi connectivity index (χ3n) is 8.26. The summed E-state index contributed by atoms with van der Waals surface area (Å²) in [6.45, 7) is 9.32. The van der Waals surface area contributed by atoms with E-state index in [0.29, 0.717) is 19.3 Å². The quantitative estimate of drug-likeness (QED) is 0.492. The molecule has 0 heterocycles. The van der Waals surface area contributed by atoms with Gasteiger partial charge in [-0.1, -0.05) is 26.0 Å². The van der Waals surface area contributed by atoms with Crippen LogP contribution in [-0.4, -0.2) is 49.6 Å². The van der Waals surface area contributed by atoms with Crippen LogP contribution >= 0.6 is 0 Å². The minimum Gasteiger partial charge on any atom is -0.392 e. The molecule has 4 aliphatic rings. The fraction of sp³-hybridized carbons (Fsp3) is 0.850. The van der Waals surface area contributed by atoms with Gasteiger partial charge in [0.15, 0.2) is 5.78 Å². The fourth-order valence-electron chi connectivity index (χ4n) is 6.91. The summed E-state index contributed by atoms with van der Waals surface area (Å²) in [4.78, 5) is 13.2. The lowest BCUT2D eigenvalue weighted by molar-refractivity contribution is -0.194. The average Bonchev–Trinajstić information content (AvgIpc) is 2.61. The van der Waals surface area contributed by atoms with Crippen molar-refractivity contribution in [1.82, 2.24) is 0 Å². The highest BCUT2D eigenvalue weighted by atomic mass is 16.3. The topological polar surface area (TPSA) is 98.0 Å². The van der Waals surface area contributed by atoms with Gasteiger partial charge in [0.25, 0.3) is 0 Å². The summed E-state index contributed by atoms with van der Waals surface area (Å²) in [5.41, 5.74) is -3.59. The number of aliphatic hydroxyl groups is 4. The summed E-state index contributed by atoms with van der Waals surface area (Å²) in [6.07, 6.45) is 0.799. The predicted octanol–water partition coefficient (Wildman–Crippen LogP) is 1.18. The van der Waals surface area contributed by atoms with Crippen LogP contribution in [-0.2, 0) is 4.79 Å². The van der Waals surface area contributed by atoms with Gasteiger partial charge < -0.3 is 20.4 Å². The van der Waals surface area contributed by atoms with Crippen molar-refractivity contribution in [2.45, 2.75) is 76.3 Å². The number of hydrogen-bond donors (Lipinski definition) is 4. The largest absolute Gasteiger partial charge is 0.392 e. The third-order valence-corrected chi connectivity index (χ3v) is 8.26. The van der Waals surface area contributed by atoms with E-state index in [1.807, 2.05) is 0 Å². The molecule has 0 radical (unpaired) electrons. The molecule has 0 aromatic rings. The van der Waals surface area contributed by atoms with Crippen molar-refractivity contribution >= 4 is 5.78 Å². The van der Waals surface area contributed by atoms with Crippen LogP contribution in [0.4, 0.5) is 0 Å². The van der Waals surface area contributed by atoms with Crippen molar-refractivity contribution in [3.63, 3.8) is 0 Å². The Hall–Kier alpha value is -0.750. The Balaban J connectivity index is 1.83. The highest BCUT2D eigenvalue weighted by Gasteiger charge is 2.72. The van der Waals surface area contributed by atoms with Gasteiger partial charge in [0.2, 0.25) is 0 Å². The Kier molecular flexibility index (Phi) is 3.35. The molecule has 0 aromatic carbocycles. The Bertz CT molecular complexity index is 652. The number of aliphatic hydroxyl groups excluding tert-OH is 2. The molecule has 4 N–H and O–H groups in total. The van der Waals surface area contributed by atoms with Crippen LogP contribution in [0.25, 0.3) is 0 Å². The van der Waals surface area contributed by atoms with Crippen molar-refractivity contribution in [1.29, 1.82) is 0 Å². The van der Waals surface area contributed by atoms with Crippen molar-refractivity contribution in [2.75, 3.05) is 0 Å². The molecular formula is C20H30O5. The van der Waals surface area contributed by atoms with Crippen LogP contribution in [0.15, 0.2) is 12.2 Å². The molecule has 4 rings (SSSR count). The number of carbonyl (C=O) groups excluding carboxylic acids is 1. The minimum absolute atomic E-state index is 0.0285. The number of Topliss-reactive ketones (excluding diaryl/α,β-unsaturated/α-hetero) is 1. The molecule has 0 aromatic heterocycles. The SMILES string of the molecule is C=C1[C@H]2C[C@H](O)C(C)(C)C(=O)[C@]2(O)CC23C[C@](C)(O)[C@H](CC[C@@H]12)[C@H]3O. The second-order valence-corrected chi connectivity index (χ2v) is 9.98. The number of carbonyl (C=O) groups is 1. The van der Waals surface area contributed by atoms with E-state index in [-0.39, 0.29) is 24.0 Å². The van der Waals surface area contributed by atoms with Gasteiger partial charge in [0.1, 0.15) is 5.60 Å². The molecule has 0 amide bonds. The monoisotopic (exact) mass is 350 g/mol. The number of ketones is 1. The van der Waals surface area contributed by atoms with Gasteiger partial charge in [-0.05, 0) is 44.9 Å². The first-order chi connectivity index (χ1) is 11.4. The predicted molar refractivity (Wildman–Crippen MR) is 91.5 cm³/mol. The van der Waals surface area contributed by atoms with Crippen LogP contribution < -0.4 is 0 Å². The molecular weight excluding hydrogens is 320 g/mol. The van der Waals surface area contributed by atoms with E-state index in [2.05, 4.69) is 6.58 Å². The Morgan fingerprint density at radius 3 is 2.32 bits per heavy atom. The first-order valence-electron chi connectivity index (χ1n) is 9.42. The zero-order valence-corrected chi connectivity index (χ0v) is 15.3. The Labute approximate surface area is 148 Å². The molecule has 4 fully saturated rings. The van der Waals surface area contributed by atoms with Crippen LogP contribution in [0.5, 0.6) is 0 Å². The Morgan fingerprint density at radius 1 is 1.04 bits per heavy atom. The first kappa shape index (κ1) is 17.7. The van der Waals surface area contributed by atoms with Crippen molar-refractivity contribution < 1.29 is 25.2 Å². The van der Waals surface area contributed by atoms with Gasteiger partial charge in [-0.3, -0.25) is 4.79 Å². The first-order valence-corrected chi connectivity index (χ1v) is 9.42. The molecule has 1 spiro atoms. The van der Waals surface area contributed by atoms with E-state index in [9.17, 15) is 25.2 Å². The molecule has 4 aliphatic carbocycles. The normalized spacial score (nSPS) is 57.2. The van der Waals surface area contributed by atoms with Crippen molar-refractivity contribution in [3.05, 3.63) is 12.2 Å². The lowest BCUT2D eigenvalue weighted by Gasteiger charge is -2.60. The van der Waals surface area contributed by atoms with Gasteiger partial charge >= 0.3 is 0 Å². The summed E-state index contributed by atoms with van der Waals surface area (Å²) < 4.78 is 0. The van der Waals surface area contributed by atoms with Gasteiger partial charge in [0, 0.05) is 17.3 Å². The average molecular weight is 350 g/mol. The van der Waals surface area contributed by atoms with Crippen LogP contribution in [0.1, 0.15) is 52.9 Å². The van der Waals surface area contributed by atoms with E-state index < -0.39 is 40.2 Å². The Morgan fingerprint density at radius 2 is 1.68 bits per heavy atom. The van der Waals surface area contributed by atoms with Gasteiger partial charge in [-0.25, -0.2) is 0 Å². The van der Waals surface area contributed by atoms with E-state index in [0.717, 1.165) is 12.0 Å². The van der Waals surface area contributed by atoms with E-state index >= 15 is 0 Å². The molecule has 5 heteroatoms. The molecule has 25 heavy (non-hydrogen) atoms. The summed E-state index contributed by atoms with van der Waals surface area (Å²) in [7, 11) is 0. The zero-order valence-electron chi connectivity index (χ0n) is 15.3. The lowest BCUT2D eigenvalue weighted by atomic mass is 9.46. The maximum Gasteiger partial charge on any atom is 0.173 e. The molecule has 140 valence electrons. The molecule has 0 saturated heterocycles. The zero-order chi connectivity index (χ0) is 18.6. The maximum atomic E-state index is 13.2. The van der Waals surface area contributed by atoms with E-state index in [1.54, 1.807) is 20.8 Å². The summed E-state index contributed by atoms with van der Waals surface area (Å²) in [6, 6.07) is 0. The van der Waals surface area contributed by atoms with Gasteiger partial charge in [-0.2, -0.15) is 0 Å². The van der Waals surface area contributed by atoms with Crippen LogP contribution in [0, 0.1) is 28.6 Å². The van der Waals surface area contributed by atoms with Crippen molar-refractivity contribution in [3.8, 4) is 0 Å². The highest BCUT2D eigenvalue weighted by molar-refractivity contribution is 5.94. The van der Waals surface area contributed by atoms with Crippen molar-refractivity contribution in [2.24, 2.45) is 28.6 Å². The lowest BCUT2D eigenvalue weighted by Crippen LogP contribution is -2.67.